The van der Waals surface area contributed by atoms with Gasteiger partial charge < -0.3 is 19.1 Å². The predicted molar refractivity (Wildman–Crippen MR) is 140 cm³/mol. The smallest absolute Gasteiger partial charge is 0.406 e. The van der Waals surface area contributed by atoms with Crippen molar-refractivity contribution < 1.29 is 32.0 Å². The molecule has 1 fully saturated rings. The van der Waals surface area contributed by atoms with Gasteiger partial charge in [0.05, 0.1) is 29.7 Å². The van der Waals surface area contributed by atoms with Gasteiger partial charge in [-0.3, -0.25) is 4.99 Å². The van der Waals surface area contributed by atoms with Crippen molar-refractivity contribution in [1.29, 1.82) is 4.78 Å². The Morgan fingerprint density at radius 3 is 2.16 bits per heavy atom. The van der Waals surface area contributed by atoms with Gasteiger partial charge in [-0.2, -0.15) is 0 Å². The molecule has 0 saturated carbocycles. The summed E-state index contributed by atoms with van der Waals surface area (Å²) < 4.78 is 69.8. The van der Waals surface area contributed by atoms with Crippen LogP contribution in [0.4, 0.5) is 13.2 Å². The van der Waals surface area contributed by atoms with E-state index in [2.05, 4.69) is 9.73 Å². The summed E-state index contributed by atoms with van der Waals surface area (Å²) in [4.78, 5) is 4.15. The summed E-state index contributed by atoms with van der Waals surface area (Å²) in [5, 5.41) is 14.1. The van der Waals surface area contributed by atoms with Gasteiger partial charge in [0.15, 0.2) is 0 Å². The van der Waals surface area contributed by atoms with Gasteiger partial charge in [0.2, 0.25) is 0 Å². The molecule has 2 N–H and O–H groups in total. The molecular weight excluding hydrogens is 566 g/mol. The van der Waals surface area contributed by atoms with Gasteiger partial charge in [-0.15, -0.1) is 13.2 Å². The van der Waals surface area contributed by atoms with Crippen LogP contribution in [0, 0.1) is 4.78 Å². The third kappa shape index (κ3) is 5.34. The van der Waals surface area contributed by atoms with E-state index < -0.39 is 40.0 Å². The van der Waals surface area contributed by atoms with E-state index in [4.69, 9.17) is 32.7 Å². The number of halogens is 5. The van der Waals surface area contributed by atoms with E-state index in [1.54, 1.807) is 12.1 Å². The van der Waals surface area contributed by atoms with Gasteiger partial charge in [0.25, 0.3) is 0 Å². The summed E-state index contributed by atoms with van der Waals surface area (Å²) in [7, 11) is -3.62. The first-order valence-electron chi connectivity index (χ1n) is 11.3. The Bertz CT molecular complexity index is 1580. The van der Waals surface area contributed by atoms with Crippen molar-refractivity contribution in [1.82, 2.24) is 4.57 Å². The van der Waals surface area contributed by atoms with Crippen LogP contribution in [0.2, 0.25) is 10.0 Å². The Labute approximate surface area is 225 Å². The number of hydrogen-bond donors (Lipinski definition) is 2. The number of fused-ring (bicyclic) bond motifs is 3. The van der Waals surface area contributed by atoms with Gasteiger partial charge in [0, 0.05) is 31.9 Å². The highest BCUT2D eigenvalue weighted by atomic mass is 35.5. The van der Waals surface area contributed by atoms with Crippen molar-refractivity contribution in [2.45, 2.75) is 29.4 Å². The fourth-order valence-electron chi connectivity index (χ4n) is 4.55. The number of ether oxygens (including phenoxy) is 2. The van der Waals surface area contributed by atoms with Crippen LogP contribution in [0.5, 0.6) is 5.75 Å². The molecule has 4 aromatic rings. The highest BCUT2D eigenvalue weighted by Gasteiger charge is 2.35. The van der Waals surface area contributed by atoms with Gasteiger partial charge in [-0.25, -0.2) is 8.99 Å². The molecule has 1 aliphatic rings. The lowest BCUT2D eigenvalue weighted by Gasteiger charge is -2.34. The average Bonchev–Trinajstić information content (AvgIpc) is 3.15. The van der Waals surface area contributed by atoms with Crippen molar-refractivity contribution in [3.8, 4) is 5.75 Å². The summed E-state index contributed by atoms with van der Waals surface area (Å²) in [6.07, 6.45) is -5.93. The number of hydrogen-bond acceptors (Lipinski definition) is 6. The van der Waals surface area contributed by atoms with E-state index in [0.29, 0.717) is 10.0 Å². The maximum atomic E-state index is 13.0. The molecule has 1 unspecified atom stereocenters. The zero-order chi connectivity index (χ0) is 27.2. The fraction of sp³-hybridized carbons (Fsp3) is 0.240. The van der Waals surface area contributed by atoms with Crippen LogP contribution in [0.25, 0.3) is 21.8 Å². The molecule has 0 amide bonds. The van der Waals surface area contributed by atoms with Gasteiger partial charge >= 0.3 is 6.36 Å². The molecule has 1 saturated heterocycles. The molecule has 7 nitrogen and oxygen atoms in total. The molecule has 0 aliphatic carbocycles. The number of nitrogens with zero attached hydrogens (tertiary/aromatic N) is 2. The molecular formula is C25H20Cl2F3N3O4S. The molecule has 200 valence electrons. The quantitative estimate of drug-likeness (QED) is 0.208. The van der Waals surface area contributed by atoms with Crippen LogP contribution in [0.1, 0.15) is 6.04 Å². The zero-order valence-corrected chi connectivity index (χ0v) is 21.7. The Kier molecular flexibility index (Phi) is 7.08. The lowest BCUT2D eigenvalue weighted by molar-refractivity contribution is -0.274. The highest BCUT2D eigenvalue weighted by Crippen LogP contribution is 2.37. The second-order valence-electron chi connectivity index (χ2n) is 8.73. The van der Waals surface area contributed by atoms with Crippen LogP contribution in [0.15, 0.2) is 70.6 Å². The third-order valence-corrected chi connectivity index (χ3v) is 8.09. The summed E-state index contributed by atoms with van der Waals surface area (Å²) in [5.74, 6) is -0.499. The average molecular weight is 586 g/mol. The van der Waals surface area contributed by atoms with Crippen LogP contribution < -0.4 is 4.74 Å². The van der Waals surface area contributed by atoms with Crippen LogP contribution in [-0.2, 0) is 14.5 Å². The van der Waals surface area contributed by atoms with Gasteiger partial charge in [-0.05, 0) is 60.7 Å². The second kappa shape index (κ2) is 10.0. The van der Waals surface area contributed by atoms with E-state index >= 15 is 0 Å². The first kappa shape index (κ1) is 26.8. The summed E-state index contributed by atoms with van der Waals surface area (Å²) in [6, 6.07) is 13.5. The summed E-state index contributed by atoms with van der Waals surface area (Å²) in [6.45, 7) is 0.199. The molecule has 13 heteroatoms. The molecule has 4 atom stereocenters. The minimum Gasteiger partial charge on any atom is -0.406 e. The van der Waals surface area contributed by atoms with E-state index in [-0.39, 0.29) is 18.1 Å². The van der Waals surface area contributed by atoms with E-state index in [1.807, 2.05) is 28.8 Å². The molecule has 3 aromatic carbocycles. The molecule has 2 heterocycles. The number of rotatable bonds is 5. The number of aromatic nitrogens is 1. The topological polar surface area (TPSA) is 96.9 Å². The molecule has 0 spiro atoms. The van der Waals surface area contributed by atoms with Gasteiger partial charge in [-0.1, -0.05) is 23.2 Å². The monoisotopic (exact) mass is 585 g/mol. The summed E-state index contributed by atoms with van der Waals surface area (Å²) >= 11 is 12.5. The minimum absolute atomic E-state index is 0.0246. The Hall–Kier alpha value is -2.83. The van der Waals surface area contributed by atoms with E-state index in [9.17, 15) is 22.5 Å². The normalized spacial score (nSPS) is 22.2. The second-order valence-corrected chi connectivity index (χ2v) is 11.5. The molecule has 1 aliphatic heterocycles. The Morgan fingerprint density at radius 1 is 1.03 bits per heavy atom. The SMILES string of the molecule is N=S(=O)(/C=N\[C@@H]1COC[C@H](n2c3ccc(Cl)cc3c3cc(Cl)ccc32)[C@H]1O)c1ccc(OC(F)(F)F)cc1. The van der Waals surface area contributed by atoms with E-state index in [1.165, 1.54) is 0 Å². The van der Waals surface area contributed by atoms with Crippen LogP contribution in [0.3, 0.4) is 0 Å². The molecule has 0 bridgehead atoms. The first-order chi connectivity index (χ1) is 17.9. The van der Waals surface area contributed by atoms with Gasteiger partial charge in [0.1, 0.15) is 27.6 Å². The minimum atomic E-state index is -4.87. The van der Waals surface area contributed by atoms with Crippen molar-refractivity contribution >= 4 is 60.3 Å². The predicted octanol–water partition coefficient (Wildman–Crippen LogP) is 6.43. The van der Waals surface area contributed by atoms with Crippen molar-refractivity contribution in [3.63, 3.8) is 0 Å². The molecule has 0 radical (unpaired) electrons. The standard InChI is InChI=1S/C25H20Cl2F3N3O4S/c26-14-1-7-21-18(9-14)19-10-15(27)2-8-22(19)33(21)23-12-36-11-20(24(23)34)32-13-38(31,35)17-5-3-16(4-6-17)37-25(28,29)30/h1-10,13,20,23-24,31,34H,11-12H2/b32-13-/t20-,23+,24+,38?/m1/s1. The lowest BCUT2D eigenvalue weighted by atomic mass is 10.0. The maximum absolute atomic E-state index is 13.0. The molecule has 5 rings (SSSR count). The van der Waals surface area contributed by atoms with Crippen molar-refractivity contribution in [3.05, 3.63) is 70.7 Å². The zero-order valence-electron chi connectivity index (χ0n) is 19.4. The Morgan fingerprint density at radius 2 is 1.61 bits per heavy atom. The first-order valence-corrected chi connectivity index (χ1v) is 13.6. The number of nitrogens with one attached hydrogen (secondary N) is 1. The lowest BCUT2D eigenvalue weighted by Crippen LogP contribution is -2.44. The van der Waals surface area contributed by atoms with Crippen LogP contribution in [-0.4, -0.2) is 51.2 Å². The van der Waals surface area contributed by atoms with E-state index in [0.717, 1.165) is 51.6 Å². The third-order valence-electron chi connectivity index (χ3n) is 6.23. The number of aliphatic imine (C=N–C) groups is 1. The number of alkyl halides is 3. The fourth-order valence-corrected chi connectivity index (χ4v) is 5.88. The maximum Gasteiger partial charge on any atom is 0.573 e. The summed E-state index contributed by atoms with van der Waals surface area (Å²) in [5.41, 5.74) is 2.50. The van der Waals surface area contributed by atoms with Crippen LogP contribution >= 0.6 is 23.2 Å². The number of benzene rings is 3. The highest BCUT2D eigenvalue weighted by molar-refractivity contribution is 8.05. The molecule has 1 aromatic heterocycles. The number of aliphatic hydroxyl groups is 1. The van der Waals surface area contributed by atoms with Crippen molar-refractivity contribution in [2.75, 3.05) is 13.2 Å². The largest absolute Gasteiger partial charge is 0.573 e. The number of aliphatic hydroxyl groups excluding tert-OH is 1. The molecule has 38 heavy (non-hydrogen) atoms. The van der Waals surface area contributed by atoms with Crippen molar-refractivity contribution in [2.24, 2.45) is 4.99 Å². The Balaban J connectivity index is 1.44.